The lowest BCUT2D eigenvalue weighted by Gasteiger charge is -2.07. The zero-order valence-electron chi connectivity index (χ0n) is 9.41. The normalized spacial score (nSPS) is 10.2. The Bertz CT molecular complexity index is 553. The molecule has 0 amide bonds. The Balaban J connectivity index is 2.47. The maximum atomic E-state index is 13.8. The molecular weight excluding hydrogens is 245 g/mol. The van der Waals surface area contributed by atoms with Crippen molar-refractivity contribution in [2.24, 2.45) is 0 Å². The van der Waals surface area contributed by atoms with Crippen molar-refractivity contribution in [1.29, 1.82) is 0 Å². The van der Waals surface area contributed by atoms with Crippen molar-refractivity contribution < 1.29 is 23.0 Å². The SMILES string of the molecule is COc1ccc(-c2ccc(OF)cc2)c(F)c1F. The summed E-state index contributed by atoms with van der Waals surface area (Å²) in [5.74, 6) is -2.24. The van der Waals surface area contributed by atoms with Crippen molar-refractivity contribution in [3.63, 3.8) is 0 Å². The lowest BCUT2D eigenvalue weighted by molar-refractivity contribution is -0.00618. The Morgan fingerprint density at radius 2 is 1.56 bits per heavy atom. The first kappa shape index (κ1) is 12.3. The lowest BCUT2D eigenvalue weighted by Crippen LogP contribution is -1.94. The van der Waals surface area contributed by atoms with E-state index in [1.807, 2.05) is 0 Å². The van der Waals surface area contributed by atoms with Crippen LogP contribution in [0.1, 0.15) is 0 Å². The van der Waals surface area contributed by atoms with Crippen LogP contribution in [0, 0.1) is 11.6 Å². The Hall–Kier alpha value is -2.17. The van der Waals surface area contributed by atoms with Gasteiger partial charge in [0.05, 0.1) is 7.11 Å². The predicted octanol–water partition coefficient (Wildman–Crippen LogP) is 3.90. The van der Waals surface area contributed by atoms with Gasteiger partial charge in [0.2, 0.25) is 5.82 Å². The third-order valence-electron chi connectivity index (χ3n) is 2.52. The molecule has 0 radical (unpaired) electrons. The number of ether oxygens (including phenoxy) is 1. The van der Waals surface area contributed by atoms with Gasteiger partial charge in [0, 0.05) is 10.1 Å². The minimum absolute atomic E-state index is 0.00635. The molecule has 0 saturated heterocycles. The van der Waals surface area contributed by atoms with E-state index in [9.17, 15) is 13.3 Å². The number of hydrogen-bond donors (Lipinski definition) is 0. The third-order valence-corrected chi connectivity index (χ3v) is 2.52. The zero-order valence-corrected chi connectivity index (χ0v) is 9.41. The van der Waals surface area contributed by atoms with E-state index in [0.717, 1.165) is 0 Å². The predicted molar refractivity (Wildman–Crippen MR) is 60.1 cm³/mol. The maximum absolute atomic E-state index is 13.8. The molecule has 0 aromatic heterocycles. The summed E-state index contributed by atoms with van der Waals surface area (Å²) in [6, 6.07) is 8.21. The molecule has 94 valence electrons. The van der Waals surface area contributed by atoms with Gasteiger partial charge in [-0.3, -0.25) is 4.94 Å². The summed E-state index contributed by atoms with van der Waals surface area (Å²) < 4.78 is 43.8. The van der Waals surface area contributed by atoms with Crippen LogP contribution >= 0.6 is 0 Å². The Labute approximate surface area is 101 Å². The molecule has 18 heavy (non-hydrogen) atoms. The van der Waals surface area contributed by atoms with Gasteiger partial charge in [0.1, 0.15) is 0 Å². The maximum Gasteiger partial charge on any atom is 0.201 e. The molecule has 2 rings (SSSR count). The van der Waals surface area contributed by atoms with E-state index >= 15 is 0 Å². The molecule has 0 aliphatic carbocycles. The molecule has 0 saturated carbocycles. The van der Waals surface area contributed by atoms with Crippen molar-refractivity contribution in [3.05, 3.63) is 48.0 Å². The summed E-state index contributed by atoms with van der Waals surface area (Å²) in [6.45, 7) is 0. The molecule has 0 fully saturated rings. The van der Waals surface area contributed by atoms with Crippen LogP contribution < -0.4 is 9.68 Å². The highest BCUT2D eigenvalue weighted by molar-refractivity contribution is 5.66. The highest BCUT2D eigenvalue weighted by Gasteiger charge is 2.15. The fourth-order valence-corrected chi connectivity index (χ4v) is 1.60. The Kier molecular flexibility index (Phi) is 3.41. The average Bonchev–Trinajstić information content (AvgIpc) is 2.42. The molecular formula is C13H9F3O2. The number of benzene rings is 2. The van der Waals surface area contributed by atoms with Gasteiger partial charge in [0.25, 0.3) is 0 Å². The minimum Gasteiger partial charge on any atom is -0.494 e. The van der Waals surface area contributed by atoms with Crippen LogP contribution in [0.15, 0.2) is 36.4 Å². The van der Waals surface area contributed by atoms with Crippen LogP contribution in [0.25, 0.3) is 11.1 Å². The van der Waals surface area contributed by atoms with Crippen LogP contribution in [0.5, 0.6) is 11.5 Å². The second kappa shape index (κ2) is 5.00. The van der Waals surface area contributed by atoms with Crippen LogP contribution in [-0.2, 0) is 0 Å². The highest BCUT2D eigenvalue weighted by Crippen LogP contribution is 2.30. The van der Waals surface area contributed by atoms with Crippen LogP contribution in [0.3, 0.4) is 0 Å². The Morgan fingerprint density at radius 1 is 0.889 bits per heavy atom. The van der Waals surface area contributed by atoms with E-state index in [1.54, 1.807) is 0 Å². The second-order valence-corrected chi connectivity index (χ2v) is 3.54. The summed E-state index contributed by atoms with van der Waals surface area (Å²) in [5, 5.41) is 0. The van der Waals surface area contributed by atoms with Gasteiger partial charge in [-0.15, -0.1) is 0 Å². The van der Waals surface area contributed by atoms with Gasteiger partial charge in [-0.1, -0.05) is 12.1 Å². The average molecular weight is 254 g/mol. The first-order valence-electron chi connectivity index (χ1n) is 5.08. The third kappa shape index (κ3) is 2.11. The van der Waals surface area contributed by atoms with Crippen molar-refractivity contribution in [1.82, 2.24) is 0 Å². The monoisotopic (exact) mass is 254 g/mol. The van der Waals surface area contributed by atoms with Gasteiger partial charge in [-0.25, -0.2) is 4.39 Å². The van der Waals surface area contributed by atoms with E-state index in [-0.39, 0.29) is 17.1 Å². The largest absolute Gasteiger partial charge is 0.494 e. The van der Waals surface area contributed by atoms with Gasteiger partial charge in [-0.2, -0.15) is 4.39 Å². The molecule has 0 atom stereocenters. The number of methoxy groups -OCH3 is 1. The molecule has 5 heteroatoms. The van der Waals surface area contributed by atoms with E-state index in [1.165, 1.54) is 43.5 Å². The molecule has 0 bridgehead atoms. The molecule has 0 aliphatic heterocycles. The van der Waals surface area contributed by atoms with E-state index in [2.05, 4.69) is 9.68 Å². The van der Waals surface area contributed by atoms with E-state index in [0.29, 0.717) is 5.56 Å². The van der Waals surface area contributed by atoms with Gasteiger partial charge in [0.15, 0.2) is 17.3 Å². The lowest BCUT2D eigenvalue weighted by atomic mass is 10.0. The fourth-order valence-electron chi connectivity index (χ4n) is 1.60. The summed E-state index contributed by atoms with van der Waals surface area (Å²) in [7, 11) is 1.25. The molecule has 0 spiro atoms. The summed E-state index contributed by atoms with van der Waals surface area (Å²) in [4.78, 5) is 3.51. The molecule has 2 nitrogen and oxygen atoms in total. The standard InChI is InChI=1S/C13H9F3O2/c1-17-11-7-6-10(12(14)13(11)15)8-2-4-9(18-16)5-3-8/h2-7H,1H3. The molecule has 0 aliphatic rings. The van der Waals surface area contributed by atoms with E-state index < -0.39 is 11.6 Å². The summed E-state index contributed by atoms with van der Waals surface area (Å²) in [6.07, 6.45) is 0. The first-order chi connectivity index (χ1) is 8.67. The van der Waals surface area contributed by atoms with Crippen molar-refractivity contribution >= 4 is 0 Å². The van der Waals surface area contributed by atoms with Crippen LogP contribution in [-0.4, -0.2) is 7.11 Å². The summed E-state index contributed by atoms with van der Waals surface area (Å²) >= 11 is 0. The number of rotatable bonds is 3. The van der Waals surface area contributed by atoms with Gasteiger partial charge in [-0.05, 0) is 29.8 Å². The van der Waals surface area contributed by atoms with Crippen molar-refractivity contribution in [2.75, 3.05) is 7.11 Å². The van der Waals surface area contributed by atoms with Gasteiger partial charge >= 0.3 is 0 Å². The molecule has 2 aromatic carbocycles. The first-order valence-corrected chi connectivity index (χ1v) is 5.08. The second-order valence-electron chi connectivity index (χ2n) is 3.54. The van der Waals surface area contributed by atoms with Crippen molar-refractivity contribution in [2.45, 2.75) is 0 Å². The summed E-state index contributed by atoms with van der Waals surface area (Å²) in [5.41, 5.74) is 0.480. The number of halogens is 3. The van der Waals surface area contributed by atoms with Crippen LogP contribution in [0.2, 0.25) is 0 Å². The minimum atomic E-state index is -1.05. The van der Waals surface area contributed by atoms with Crippen LogP contribution in [0.4, 0.5) is 13.3 Å². The quantitative estimate of drug-likeness (QED) is 0.826. The Morgan fingerprint density at radius 3 is 2.11 bits per heavy atom. The fraction of sp³-hybridized carbons (Fsp3) is 0.0769. The van der Waals surface area contributed by atoms with Gasteiger partial charge < -0.3 is 4.74 Å². The number of hydrogen-bond acceptors (Lipinski definition) is 2. The molecule has 0 N–H and O–H groups in total. The zero-order chi connectivity index (χ0) is 13.1. The van der Waals surface area contributed by atoms with E-state index in [4.69, 9.17) is 0 Å². The molecule has 0 unspecified atom stereocenters. The van der Waals surface area contributed by atoms with Crippen molar-refractivity contribution in [3.8, 4) is 22.6 Å². The topological polar surface area (TPSA) is 18.5 Å². The molecule has 0 heterocycles. The highest BCUT2D eigenvalue weighted by atomic mass is 19.3. The smallest absolute Gasteiger partial charge is 0.201 e. The molecule has 2 aromatic rings.